The average Bonchev–Trinajstić information content (AvgIpc) is 3.13. The number of sulfone groups is 1. The summed E-state index contributed by atoms with van der Waals surface area (Å²) in [6.07, 6.45) is 0.685. The van der Waals surface area contributed by atoms with Gasteiger partial charge in [-0.05, 0) is 24.1 Å². The van der Waals surface area contributed by atoms with E-state index in [2.05, 4.69) is 11.0 Å². The maximum absolute atomic E-state index is 13.3. The maximum atomic E-state index is 13.3. The van der Waals surface area contributed by atoms with Gasteiger partial charge in [0.05, 0.1) is 23.1 Å². The number of nitriles is 1. The highest BCUT2D eigenvalue weighted by atomic mass is 32.2. The van der Waals surface area contributed by atoms with E-state index in [1.807, 2.05) is 47.4 Å². The van der Waals surface area contributed by atoms with Gasteiger partial charge in [0.1, 0.15) is 0 Å². The first-order valence-corrected chi connectivity index (χ1v) is 11.6. The summed E-state index contributed by atoms with van der Waals surface area (Å²) in [5.74, 6) is 0.448. The Kier molecular flexibility index (Phi) is 5.39. The van der Waals surface area contributed by atoms with Gasteiger partial charge >= 0.3 is 0 Å². The smallest absolute Gasteiger partial charge is 0.254 e. The van der Waals surface area contributed by atoms with Crippen LogP contribution in [-0.2, 0) is 9.84 Å². The molecule has 2 aliphatic heterocycles. The standard InChI is InChI=1S/C22H23N3O3S/c23-15-17-5-1-2-6-19(17)20-7-3-4-8-21(20)22(26)25-12-10-24(11-13-25)18-9-14-29(27,28)16-18/h1-8,18H,9-14,16H2/t18-/m1/s1. The second-order valence-corrected chi connectivity index (χ2v) is 9.82. The van der Waals surface area contributed by atoms with E-state index in [0.29, 0.717) is 43.7 Å². The quantitative estimate of drug-likeness (QED) is 0.776. The number of carbonyl (C=O) groups excluding carboxylic acids is 1. The molecule has 0 spiro atoms. The fraction of sp³-hybridized carbons (Fsp3) is 0.364. The van der Waals surface area contributed by atoms with Crippen molar-refractivity contribution in [3.05, 3.63) is 59.7 Å². The van der Waals surface area contributed by atoms with Crippen molar-refractivity contribution < 1.29 is 13.2 Å². The molecule has 150 valence electrons. The summed E-state index contributed by atoms with van der Waals surface area (Å²) in [6.45, 7) is 2.51. The van der Waals surface area contributed by atoms with Crippen LogP contribution in [0, 0.1) is 11.3 Å². The normalized spacial score (nSPS) is 21.6. The molecule has 2 aromatic carbocycles. The zero-order valence-corrected chi connectivity index (χ0v) is 16.9. The molecule has 7 heteroatoms. The van der Waals surface area contributed by atoms with Crippen molar-refractivity contribution in [2.24, 2.45) is 0 Å². The number of carbonyl (C=O) groups is 1. The lowest BCUT2D eigenvalue weighted by atomic mass is 9.95. The van der Waals surface area contributed by atoms with E-state index < -0.39 is 9.84 Å². The molecule has 2 aromatic rings. The van der Waals surface area contributed by atoms with Gasteiger partial charge in [0, 0.05) is 43.3 Å². The summed E-state index contributed by atoms with van der Waals surface area (Å²) in [5.41, 5.74) is 2.65. The van der Waals surface area contributed by atoms with Gasteiger partial charge in [-0.2, -0.15) is 5.26 Å². The summed E-state index contributed by atoms with van der Waals surface area (Å²) >= 11 is 0. The monoisotopic (exact) mass is 409 g/mol. The number of benzene rings is 2. The van der Waals surface area contributed by atoms with Crippen LogP contribution >= 0.6 is 0 Å². The van der Waals surface area contributed by atoms with E-state index >= 15 is 0 Å². The fourth-order valence-corrected chi connectivity index (χ4v) is 6.01. The van der Waals surface area contributed by atoms with Gasteiger partial charge in [-0.25, -0.2) is 8.42 Å². The third-order valence-corrected chi connectivity index (χ3v) is 7.57. The molecule has 0 saturated carbocycles. The van der Waals surface area contributed by atoms with E-state index in [-0.39, 0.29) is 23.5 Å². The van der Waals surface area contributed by atoms with Crippen LogP contribution < -0.4 is 0 Å². The van der Waals surface area contributed by atoms with Crippen molar-refractivity contribution in [1.82, 2.24) is 9.80 Å². The molecular formula is C22H23N3O3S. The fourth-order valence-electron chi connectivity index (χ4n) is 4.24. The minimum absolute atomic E-state index is 0.0490. The number of nitrogens with zero attached hydrogens (tertiary/aromatic N) is 3. The van der Waals surface area contributed by atoms with E-state index in [9.17, 15) is 18.5 Å². The third kappa shape index (κ3) is 4.04. The van der Waals surface area contributed by atoms with Crippen molar-refractivity contribution in [3.8, 4) is 17.2 Å². The lowest BCUT2D eigenvalue weighted by Gasteiger charge is -2.37. The molecule has 0 unspecified atom stereocenters. The number of piperazine rings is 1. The van der Waals surface area contributed by atoms with Crippen LogP contribution in [0.2, 0.25) is 0 Å². The summed E-state index contributed by atoms with van der Waals surface area (Å²) in [5, 5.41) is 9.43. The van der Waals surface area contributed by atoms with E-state index in [4.69, 9.17) is 0 Å². The van der Waals surface area contributed by atoms with Crippen LogP contribution in [-0.4, -0.2) is 67.9 Å². The zero-order valence-electron chi connectivity index (χ0n) is 16.1. The number of rotatable bonds is 3. The van der Waals surface area contributed by atoms with Crippen molar-refractivity contribution >= 4 is 15.7 Å². The van der Waals surface area contributed by atoms with Gasteiger partial charge < -0.3 is 4.90 Å². The predicted molar refractivity (Wildman–Crippen MR) is 111 cm³/mol. The van der Waals surface area contributed by atoms with Crippen LogP contribution in [0.5, 0.6) is 0 Å². The maximum Gasteiger partial charge on any atom is 0.254 e. The van der Waals surface area contributed by atoms with Gasteiger partial charge in [0.15, 0.2) is 9.84 Å². The van der Waals surface area contributed by atoms with Crippen molar-refractivity contribution in [2.75, 3.05) is 37.7 Å². The van der Waals surface area contributed by atoms with Crippen LogP contribution in [0.25, 0.3) is 11.1 Å². The Labute approximate surface area is 171 Å². The molecule has 0 N–H and O–H groups in total. The molecule has 0 radical (unpaired) electrons. The molecule has 0 aliphatic carbocycles. The highest BCUT2D eigenvalue weighted by Crippen LogP contribution is 2.28. The summed E-state index contributed by atoms with van der Waals surface area (Å²) in [6, 6.07) is 17.0. The first-order chi connectivity index (χ1) is 14.0. The van der Waals surface area contributed by atoms with Crippen LogP contribution in [0.4, 0.5) is 0 Å². The largest absolute Gasteiger partial charge is 0.336 e. The Hall–Kier alpha value is -2.69. The molecule has 0 bridgehead atoms. The Morgan fingerprint density at radius 3 is 2.28 bits per heavy atom. The molecule has 4 rings (SSSR count). The van der Waals surface area contributed by atoms with Crippen LogP contribution in [0.15, 0.2) is 48.5 Å². The van der Waals surface area contributed by atoms with Gasteiger partial charge in [-0.15, -0.1) is 0 Å². The Balaban J connectivity index is 1.51. The molecule has 2 heterocycles. The Morgan fingerprint density at radius 2 is 1.62 bits per heavy atom. The van der Waals surface area contributed by atoms with E-state index in [0.717, 1.165) is 11.1 Å². The molecule has 2 aliphatic rings. The predicted octanol–water partition coefficient (Wildman–Crippen LogP) is 2.17. The summed E-state index contributed by atoms with van der Waals surface area (Å²) in [4.78, 5) is 17.3. The number of hydrogen-bond acceptors (Lipinski definition) is 5. The number of hydrogen-bond donors (Lipinski definition) is 0. The Morgan fingerprint density at radius 1 is 0.966 bits per heavy atom. The lowest BCUT2D eigenvalue weighted by Crippen LogP contribution is -2.52. The highest BCUT2D eigenvalue weighted by Gasteiger charge is 2.34. The highest BCUT2D eigenvalue weighted by molar-refractivity contribution is 7.91. The molecule has 2 saturated heterocycles. The van der Waals surface area contributed by atoms with Gasteiger partial charge in [0.25, 0.3) is 5.91 Å². The average molecular weight is 410 g/mol. The summed E-state index contributed by atoms with van der Waals surface area (Å²) in [7, 11) is -2.91. The topological polar surface area (TPSA) is 81.5 Å². The molecule has 1 amide bonds. The number of amides is 1. The second-order valence-electron chi connectivity index (χ2n) is 7.59. The first kappa shape index (κ1) is 19.6. The third-order valence-electron chi connectivity index (χ3n) is 5.82. The zero-order chi connectivity index (χ0) is 20.4. The van der Waals surface area contributed by atoms with Crippen molar-refractivity contribution in [3.63, 3.8) is 0 Å². The van der Waals surface area contributed by atoms with Gasteiger partial charge in [-0.1, -0.05) is 36.4 Å². The minimum Gasteiger partial charge on any atom is -0.336 e. The van der Waals surface area contributed by atoms with Crippen LogP contribution in [0.3, 0.4) is 0 Å². The van der Waals surface area contributed by atoms with Crippen molar-refractivity contribution in [2.45, 2.75) is 12.5 Å². The van der Waals surface area contributed by atoms with Gasteiger partial charge in [-0.3, -0.25) is 9.69 Å². The Bertz CT molecular complexity index is 1070. The van der Waals surface area contributed by atoms with Crippen LogP contribution in [0.1, 0.15) is 22.3 Å². The lowest BCUT2D eigenvalue weighted by molar-refractivity contribution is 0.0588. The molecule has 2 fully saturated rings. The van der Waals surface area contributed by atoms with E-state index in [1.165, 1.54) is 0 Å². The molecule has 29 heavy (non-hydrogen) atoms. The molecule has 6 nitrogen and oxygen atoms in total. The van der Waals surface area contributed by atoms with Gasteiger partial charge in [0.2, 0.25) is 0 Å². The van der Waals surface area contributed by atoms with Crippen molar-refractivity contribution in [1.29, 1.82) is 5.26 Å². The minimum atomic E-state index is -2.91. The molecule has 1 atom stereocenters. The molecule has 0 aromatic heterocycles. The molecular weight excluding hydrogens is 386 g/mol. The summed E-state index contributed by atoms with van der Waals surface area (Å²) < 4.78 is 23.5. The SMILES string of the molecule is N#Cc1ccccc1-c1ccccc1C(=O)N1CCN([C@@H]2CCS(=O)(=O)C2)CC1. The first-order valence-electron chi connectivity index (χ1n) is 9.81. The second kappa shape index (κ2) is 7.97. The van der Waals surface area contributed by atoms with E-state index in [1.54, 1.807) is 6.07 Å².